The third-order valence-corrected chi connectivity index (χ3v) is 4.67. The molecule has 15 heavy (non-hydrogen) atoms. The molecule has 84 valence electrons. The van der Waals surface area contributed by atoms with Gasteiger partial charge >= 0.3 is 0 Å². The van der Waals surface area contributed by atoms with Crippen LogP contribution in [0, 0.1) is 28.6 Å². The van der Waals surface area contributed by atoms with Crippen molar-refractivity contribution < 1.29 is 0 Å². The molecule has 2 bridgehead atoms. The average molecular weight is 205 g/mol. The van der Waals surface area contributed by atoms with Crippen molar-refractivity contribution in [3.63, 3.8) is 0 Å². The van der Waals surface area contributed by atoms with Gasteiger partial charge in [0.25, 0.3) is 0 Å². The van der Waals surface area contributed by atoms with Crippen LogP contribution < -0.4 is 0 Å². The first-order valence-corrected chi connectivity index (χ1v) is 6.72. The van der Waals surface area contributed by atoms with Crippen molar-refractivity contribution in [2.45, 2.75) is 64.7 Å². The zero-order chi connectivity index (χ0) is 10.7. The first kappa shape index (κ1) is 11.0. The van der Waals surface area contributed by atoms with Crippen molar-refractivity contribution in [1.29, 1.82) is 5.26 Å². The Hall–Kier alpha value is -0.510. The Kier molecular flexibility index (Phi) is 3.34. The largest absolute Gasteiger partial charge is 0.198 e. The highest BCUT2D eigenvalue weighted by Gasteiger charge is 2.50. The fourth-order valence-electron chi connectivity index (χ4n) is 3.81. The SMILES string of the molecule is CCCCCCC1(C#N)CC2CCC1C2. The number of rotatable bonds is 5. The van der Waals surface area contributed by atoms with E-state index < -0.39 is 0 Å². The highest BCUT2D eigenvalue weighted by Crippen LogP contribution is 2.57. The summed E-state index contributed by atoms with van der Waals surface area (Å²) in [5.41, 5.74) is 0.108. The van der Waals surface area contributed by atoms with Crippen molar-refractivity contribution in [3.8, 4) is 6.07 Å². The van der Waals surface area contributed by atoms with Crippen LogP contribution in [-0.4, -0.2) is 0 Å². The Balaban J connectivity index is 1.85. The summed E-state index contributed by atoms with van der Waals surface area (Å²) in [6.45, 7) is 2.25. The monoisotopic (exact) mass is 205 g/mol. The maximum atomic E-state index is 9.45. The lowest BCUT2D eigenvalue weighted by Gasteiger charge is -2.31. The van der Waals surface area contributed by atoms with E-state index in [-0.39, 0.29) is 5.41 Å². The predicted octanol–water partition coefficient (Wildman–Crippen LogP) is 4.29. The molecule has 0 aliphatic heterocycles. The van der Waals surface area contributed by atoms with Gasteiger partial charge in [-0.2, -0.15) is 5.26 Å². The van der Waals surface area contributed by atoms with E-state index in [1.165, 1.54) is 57.8 Å². The molecule has 0 aromatic rings. The van der Waals surface area contributed by atoms with E-state index in [4.69, 9.17) is 0 Å². The van der Waals surface area contributed by atoms with Gasteiger partial charge in [-0.3, -0.25) is 0 Å². The number of nitriles is 1. The molecule has 1 heteroatoms. The number of unbranched alkanes of at least 4 members (excludes halogenated alkanes) is 3. The molecule has 0 radical (unpaired) electrons. The van der Waals surface area contributed by atoms with Crippen LogP contribution >= 0.6 is 0 Å². The lowest BCUT2D eigenvalue weighted by molar-refractivity contribution is 0.216. The van der Waals surface area contributed by atoms with Gasteiger partial charge in [0.15, 0.2) is 0 Å². The van der Waals surface area contributed by atoms with Gasteiger partial charge in [0, 0.05) is 0 Å². The van der Waals surface area contributed by atoms with Crippen LogP contribution in [0.2, 0.25) is 0 Å². The molecule has 3 unspecified atom stereocenters. The minimum atomic E-state index is 0.108. The fraction of sp³-hybridized carbons (Fsp3) is 0.929. The summed E-state index contributed by atoms with van der Waals surface area (Å²) in [4.78, 5) is 0. The maximum Gasteiger partial charge on any atom is 0.0692 e. The summed E-state index contributed by atoms with van der Waals surface area (Å²) >= 11 is 0. The summed E-state index contributed by atoms with van der Waals surface area (Å²) in [6, 6.07) is 2.69. The third kappa shape index (κ3) is 2.05. The molecular weight excluding hydrogens is 182 g/mol. The van der Waals surface area contributed by atoms with Gasteiger partial charge < -0.3 is 0 Å². The zero-order valence-corrected chi connectivity index (χ0v) is 9.97. The molecule has 0 aromatic heterocycles. The van der Waals surface area contributed by atoms with E-state index in [2.05, 4.69) is 13.0 Å². The zero-order valence-electron chi connectivity index (χ0n) is 9.97. The van der Waals surface area contributed by atoms with E-state index in [1.807, 2.05) is 0 Å². The summed E-state index contributed by atoms with van der Waals surface area (Å²) in [7, 11) is 0. The molecule has 2 aliphatic rings. The Morgan fingerprint density at radius 2 is 2.13 bits per heavy atom. The first-order chi connectivity index (χ1) is 7.30. The summed E-state index contributed by atoms with van der Waals surface area (Å²) in [5, 5.41) is 9.45. The highest BCUT2D eigenvalue weighted by molar-refractivity contribution is 5.11. The Labute approximate surface area is 93.9 Å². The van der Waals surface area contributed by atoms with Crippen LogP contribution in [0.1, 0.15) is 64.7 Å². The highest BCUT2D eigenvalue weighted by atomic mass is 14.5. The van der Waals surface area contributed by atoms with Crippen molar-refractivity contribution in [2.75, 3.05) is 0 Å². The molecule has 2 aliphatic carbocycles. The second kappa shape index (κ2) is 4.56. The van der Waals surface area contributed by atoms with E-state index >= 15 is 0 Å². The minimum Gasteiger partial charge on any atom is -0.198 e. The normalized spacial score (nSPS) is 38.1. The van der Waals surface area contributed by atoms with Crippen molar-refractivity contribution in [1.82, 2.24) is 0 Å². The lowest BCUT2D eigenvalue weighted by atomic mass is 9.71. The molecule has 0 saturated heterocycles. The molecule has 2 fully saturated rings. The van der Waals surface area contributed by atoms with Crippen LogP contribution in [0.5, 0.6) is 0 Å². The quantitative estimate of drug-likeness (QED) is 0.614. The number of nitrogens with zero attached hydrogens (tertiary/aromatic N) is 1. The topological polar surface area (TPSA) is 23.8 Å². The summed E-state index contributed by atoms with van der Waals surface area (Å²) in [6.07, 6.45) is 11.8. The average Bonchev–Trinajstić information content (AvgIpc) is 2.85. The van der Waals surface area contributed by atoms with Gasteiger partial charge in [0.2, 0.25) is 0 Å². The molecular formula is C14H23N. The van der Waals surface area contributed by atoms with Crippen molar-refractivity contribution in [2.24, 2.45) is 17.3 Å². The van der Waals surface area contributed by atoms with Crippen LogP contribution in [0.4, 0.5) is 0 Å². The first-order valence-electron chi connectivity index (χ1n) is 6.72. The third-order valence-electron chi connectivity index (χ3n) is 4.67. The van der Waals surface area contributed by atoms with E-state index in [1.54, 1.807) is 0 Å². The van der Waals surface area contributed by atoms with Gasteiger partial charge in [0.05, 0.1) is 11.5 Å². The molecule has 0 amide bonds. The molecule has 2 saturated carbocycles. The Morgan fingerprint density at radius 3 is 2.67 bits per heavy atom. The molecule has 0 aromatic carbocycles. The van der Waals surface area contributed by atoms with Gasteiger partial charge in [-0.1, -0.05) is 39.0 Å². The molecule has 0 heterocycles. The molecule has 1 nitrogen and oxygen atoms in total. The van der Waals surface area contributed by atoms with Crippen LogP contribution in [0.25, 0.3) is 0 Å². The second-order valence-corrected chi connectivity index (χ2v) is 5.66. The number of hydrogen-bond acceptors (Lipinski definition) is 1. The summed E-state index contributed by atoms with van der Waals surface area (Å²) < 4.78 is 0. The second-order valence-electron chi connectivity index (χ2n) is 5.66. The molecule has 3 atom stereocenters. The number of fused-ring (bicyclic) bond motifs is 2. The van der Waals surface area contributed by atoms with Crippen molar-refractivity contribution in [3.05, 3.63) is 0 Å². The van der Waals surface area contributed by atoms with Gasteiger partial charge in [-0.25, -0.2) is 0 Å². The molecule has 0 N–H and O–H groups in total. The van der Waals surface area contributed by atoms with Gasteiger partial charge in [-0.15, -0.1) is 0 Å². The maximum absolute atomic E-state index is 9.45. The van der Waals surface area contributed by atoms with E-state index in [9.17, 15) is 5.26 Å². The standard InChI is InChI=1S/C14H23N/c1-2-3-4-5-8-14(11-15)10-12-6-7-13(14)9-12/h12-13H,2-10H2,1H3. The lowest BCUT2D eigenvalue weighted by Crippen LogP contribution is -2.25. The van der Waals surface area contributed by atoms with Crippen molar-refractivity contribution >= 4 is 0 Å². The summed E-state index contributed by atoms with van der Waals surface area (Å²) in [5.74, 6) is 1.66. The van der Waals surface area contributed by atoms with Crippen LogP contribution in [0.15, 0.2) is 0 Å². The fourth-order valence-corrected chi connectivity index (χ4v) is 3.81. The Bertz CT molecular complexity index is 253. The smallest absolute Gasteiger partial charge is 0.0692 e. The van der Waals surface area contributed by atoms with Gasteiger partial charge in [-0.05, 0) is 37.5 Å². The van der Waals surface area contributed by atoms with E-state index in [0.717, 1.165) is 11.8 Å². The van der Waals surface area contributed by atoms with Crippen LogP contribution in [-0.2, 0) is 0 Å². The van der Waals surface area contributed by atoms with E-state index in [0.29, 0.717) is 0 Å². The molecule has 0 spiro atoms. The van der Waals surface area contributed by atoms with Crippen LogP contribution in [0.3, 0.4) is 0 Å². The minimum absolute atomic E-state index is 0.108. The Morgan fingerprint density at radius 1 is 1.27 bits per heavy atom. The number of hydrogen-bond donors (Lipinski definition) is 0. The van der Waals surface area contributed by atoms with Gasteiger partial charge in [0.1, 0.15) is 0 Å². The molecule has 2 rings (SSSR count). The predicted molar refractivity (Wildman–Crippen MR) is 62.3 cm³/mol.